The van der Waals surface area contributed by atoms with Crippen LogP contribution in [0, 0.1) is 5.92 Å². The summed E-state index contributed by atoms with van der Waals surface area (Å²) in [6.45, 7) is 7.40. The SMILES string of the molecule is COCC(C(C)C)N1CCc2c(N)cccc2C1. The first-order chi connectivity index (χ1) is 8.63. The zero-order valence-electron chi connectivity index (χ0n) is 11.6. The van der Waals surface area contributed by atoms with Gasteiger partial charge in [-0.1, -0.05) is 26.0 Å². The minimum atomic E-state index is 0.490. The van der Waals surface area contributed by atoms with Gasteiger partial charge in [-0.2, -0.15) is 0 Å². The van der Waals surface area contributed by atoms with Crippen LogP contribution >= 0.6 is 0 Å². The molecule has 1 aromatic rings. The Morgan fingerprint density at radius 1 is 1.39 bits per heavy atom. The molecule has 0 fully saturated rings. The van der Waals surface area contributed by atoms with Crippen LogP contribution in [0.2, 0.25) is 0 Å². The van der Waals surface area contributed by atoms with Crippen molar-refractivity contribution in [2.45, 2.75) is 32.9 Å². The van der Waals surface area contributed by atoms with Crippen molar-refractivity contribution < 1.29 is 4.74 Å². The third kappa shape index (κ3) is 2.68. The van der Waals surface area contributed by atoms with Crippen LogP contribution in [0.15, 0.2) is 18.2 Å². The first-order valence-corrected chi connectivity index (χ1v) is 6.72. The molecule has 18 heavy (non-hydrogen) atoms. The van der Waals surface area contributed by atoms with Crippen LogP contribution in [0.4, 0.5) is 5.69 Å². The van der Waals surface area contributed by atoms with E-state index in [-0.39, 0.29) is 0 Å². The number of benzene rings is 1. The maximum atomic E-state index is 6.04. The van der Waals surface area contributed by atoms with Gasteiger partial charge in [-0.3, -0.25) is 4.90 Å². The molecule has 1 unspecified atom stereocenters. The lowest BCUT2D eigenvalue weighted by Gasteiger charge is -2.37. The number of fused-ring (bicyclic) bond motifs is 1. The maximum absolute atomic E-state index is 6.04. The zero-order valence-corrected chi connectivity index (χ0v) is 11.6. The molecule has 0 radical (unpaired) electrons. The van der Waals surface area contributed by atoms with E-state index in [0.717, 1.165) is 31.8 Å². The lowest BCUT2D eigenvalue weighted by molar-refractivity contribution is 0.0560. The highest BCUT2D eigenvalue weighted by atomic mass is 16.5. The number of nitrogen functional groups attached to an aromatic ring is 1. The van der Waals surface area contributed by atoms with Crippen molar-refractivity contribution in [1.82, 2.24) is 4.90 Å². The molecule has 3 heteroatoms. The van der Waals surface area contributed by atoms with Crippen LogP contribution in [0.3, 0.4) is 0 Å². The minimum absolute atomic E-state index is 0.490. The summed E-state index contributed by atoms with van der Waals surface area (Å²) in [5.74, 6) is 0.604. The Bertz CT molecular complexity index is 403. The quantitative estimate of drug-likeness (QED) is 0.831. The average Bonchev–Trinajstić information content (AvgIpc) is 2.35. The standard InChI is InChI=1S/C15H24N2O/c1-11(2)15(10-18-3)17-8-7-13-12(9-17)5-4-6-14(13)16/h4-6,11,15H,7-10,16H2,1-3H3. The number of anilines is 1. The number of rotatable bonds is 4. The van der Waals surface area contributed by atoms with Crippen molar-refractivity contribution in [3.63, 3.8) is 0 Å². The highest BCUT2D eigenvalue weighted by Gasteiger charge is 2.26. The summed E-state index contributed by atoms with van der Waals surface area (Å²) in [4.78, 5) is 2.52. The molecule has 0 aliphatic carbocycles. The fourth-order valence-electron chi connectivity index (χ4n) is 2.83. The topological polar surface area (TPSA) is 38.5 Å². The number of methoxy groups -OCH3 is 1. The second-order valence-electron chi connectivity index (χ2n) is 5.47. The van der Waals surface area contributed by atoms with Gasteiger partial charge in [0.25, 0.3) is 0 Å². The Labute approximate surface area is 110 Å². The minimum Gasteiger partial charge on any atom is -0.398 e. The van der Waals surface area contributed by atoms with Gasteiger partial charge in [0.2, 0.25) is 0 Å². The normalized spacial score (nSPS) is 17.8. The van der Waals surface area contributed by atoms with E-state index in [1.165, 1.54) is 11.1 Å². The van der Waals surface area contributed by atoms with E-state index < -0.39 is 0 Å². The van der Waals surface area contributed by atoms with Crippen molar-refractivity contribution in [1.29, 1.82) is 0 Å². The van der Waals surface area contributed by atoms with Crippen LogP contribution in [-0.2, 0) is 17.7 Å². The van der Waals surface area contributed by atoms with Crippen LogP contribution in [0.1, 0.15) is 25.0 Å². The van der Waals surface area contributed by atoms with E-state index in [2.05, 4.69) is 30.9 Å². The number of hydrogen-bond acceptors (Lipinski definition) is 3. The molecule has 0 aromatic heterocycles. The van der Waals surface area contributed by atoms with Gasteiger partial charge in [0.15, 0.2) is 0 Å². The van der Waals surface area contributed by atoms with E-state index in [1.54, 1.807) is 7.11 Å². The lowest BCUT2D eigenvalue weighted by Crippen LogP contribution is -2.44. The first kappa shape index (κ1) is 13.4. The third-order valence-electron chi connectivity index (χ3n) is 3.91. The Morgan fingerprint density at radius 2 is 2.17 bits per heavy atom. The number of nitrogens with two attached hydrogens (primary N) is 1. The maximum Gasteiger partial charge on any atom is 0.0620 e. The van der Waals surface area contributed by atoms with Gasteiger partial charge in [0.1, 0.15) is 0 Å². The van der Waals surface area contributed by atoms with Gasteiger partial charge in [0, 0.05) is 31.9 Å². The Kier molecular flexibility index (Phi) is 4.25. The van der Waals surface area contributed by atoms with E-state index in [0.29, 0.717) is 12.0 Å². The van der Waals surface area contributed by atoms with Gasteiger partial charge in [-0.15, -0.1) is 0 Å². The second kappa shape index (κ2) is 5.72. The average molecular weight is 248 g/mol. The summed E-state index contributed by atoms with van der Waals surface area (Å²) in [6.07, 6.45) is 1.05. The molecule has 0 saturated carbocycles. The monoisotopic (exact) mass is 248 g/mol. The van der Waals surface area contributed by atoms with E-state index in [4.69, 9.17) is 10.5 Å². The molecule has 1 heterocycles. The Balaban J connectivity index is 2.15. The molecular formula is C15H24N2O. The van der Waals surface area contributed by atoms with Gasteiger partial charge >= 0.3 is 0 Å². The fraction of sp³-hybridized carbons (Fsp3) is 0.600. The van der Waals surface area contributed by atoms with Gasteiger partial charge in [-0.25, -0.2) is 0 Å². The van der Waals surface area contributed by atoms with Crippen molar-refractivity contribution in [2.75, 3.05) is 26.0 Å². The third-order valence-corrected chi connectivity index (χ3v) is 3.91. The summed E-state index contributed by atoms with van der Waals surface area (Å²) in [5, 5.41) is 0. The van der Waals surface area contributed by atoms with Crippen LogP contribution in [0.5, 0.6) is 0 Å². The second-order valence-corrected chi connectivity index (χ2v) is 5.47. The Morgan fingerprint density at radius 3 is 2.83 bits per heavy atom. The molecular weight excluding hydrogens is 224 g/mol. The number of nitrogens with zero attached hydrogens (tertiary/aromatic N) is 1. The van der Waals surface area contributed by atoms with Crippen LogP contribution < -0.4 is 5.73 Å². The molecule has 2 N–H and O–H groups in total. The van der Waals surface area contributed by atoms with Crippen LogP contribution in [0.25, 0.3) is 0 Å². The zero-order chi connectivity index (χ0) is 13.1. The van der Waals surface area contributed by atoms with E-state index in [1.807, 2.05) is 6.07 Å². The van der Waals surface area contributed by atoms with Gasteiger partial charge < -0.3 is 10.5 Å². The molecule has 1 aromatic carbocycles. The predicted octanol–water partition coefficient (Wildman–Crippen LogP) is 2.30. The molecule has 0 bridgehead atoms. The lowest BCUT2D eigenvalue weighted by atomic mass is 9.94. The van der Waals surface area contributed by atoms with Crippen molar-refractivity contribution in [3.8, 4) is 0 Å². The number of ether oxygens (including phenoxy) is 1. The van der Waals surface area contributed by atoms with Gasteiger partial charge in [0.05, 0.1) is 6.61 Å². The Hall–Kier alpha value is -1.06. The molecule has 3 nitrogen and oxygen atoms in total. The summed E-state index contributed by atoms with van der Waals surface area (Å²) in [6, 6.07) is 6.74. The summed E-state index contributed by atoms with van der Waals surface area (Å²) >= 11 is 0. The van der Waals surface area contributed by atoms with E-state index >= 15 is 0 Å². The highest BCUT2D eigenvalue weighted by Crippen LogP contribution is 2.26. The highest BCUT2D eigenvalue weighted by molar-refractivity contribution is 5.51. The summed E-state index contributed by atoms with van der Waals surface area (Å²) < 4.78 is 5.36. The molecule has 2 rings (SSSR count). The predicted molar refractivity (Wildman–Crippen MR) is 75.5 cm³/mol. The molecule has 1 atom stereocenters. The number of hydrogen-bond donors (Lipinski definition) is 1. The van der Waals surface area contributed by atoms with Gasteiger partial charge in [-0.05, 0) is 29.5 Å². The fourth-order valence-corrected chi connectivity index (χ4v) is 2.83. The smallest absolute Gasteiger partial charge is 0.0620 e. The van der Waals surface area contributed by atoms with Crippen molar-refractivity contribution in [2.24, 2.45) is 5.92 Å². The summed E-state index contributed by atoms with van der Waals surface area (Å²) in [7, 11) is 1.78. The molecule has 1 aliphatic rings. The molecule has 0 saturated heterocycles. The van der Waals surface area contributed by atoms with Crippen molar-refractivity contribution in [3.05, 3.63) is 29.3 Å². The summed E-state index contributed by atoms with van der Waals surface area (Å²) in [5.41, 5.74) is 9.70. The van der Waals surface area contributed by atoms with Crippen molar-refractivity contribution >= 4 is 5.69 Å². The molecule has 100 valence electrons. The first-order valence-electron chi connectivity index (χ1n) is 6.72. The molecule has 1 aliphatic heterocycles. The largest absolute Gasteiger partial charge is 0.398 e. The molecule has 0 amide bonds. The van der Waals surface area contributed by atoms with Crippen LogP contribution in [-0.4, -0.2) is 31.2 Å². The molecule has 0 spiro atoms. The van der Waals surface area contributed by atoms with E-state index in [9.17, 15) is 0 Å².